The zero-order valence-electron chi connectivity index (χ0n) is 21.8. The van der Waals surface area contributed by atoms with E-state index in [1.165, 1.54) is 0 Å². The molecule has 1 saturated heterocycles. The van der Waals surface area contributed by atoms with E-state index in [0.29, 0.717) is 42.5 Å². The van der Waals surface area contributed by atoms with Gasteiger partial charge in [-0.25, -0.2) is 0 Å². The van der Waals surface area contributed by atoms with Crippen molar-refractivity contribution in [3.05, 3.63) is 113 Å². The van der Waals surface area contributed by atoms with Crippen LogP contribution in [0.1, 0.15) is 28.9 Å². The Morgan fingerprint density at radius 3 is 2.10 bits per heavy atom. The fraction of sp³-hybridized carbons (Fsp3) is 0.226. The van der Waals surface area contributed by atoms with E-state index in [2.05, 4.69) is 15.1 Å². The molecule has 1 unspecified atom stereocenters. The Bertz CT molecular complexity index is 1410. The largest absolute Gasteiger partial charge is 0.352 e. The Labute approximate surface area is 233 Å². The molecule has 1 atom stereocenters. The Kier molecular flexibility index (Phi) is 8.18. The lowest BCUT2D eigenvalue weighted by molar-refractivity contribution is -0.132. The van der Waals surface area contributed by atoms with E-state index < -0.39 is 0 Å². The molecule has 1 fully saturated rings. The standard InChI is InChI=1S/C31H30ClN5O2/c1-23(24-10-4-2-5-11-24)37(31(39)25-12-6-3-7-13-25)22-30(38)36-20-18-35(19-21-36)29-17-16-28(33-34-29)26-14-8-9-15-27(26)32/h2-17,23H,18-22H2,1H3. The monoisotopic (exact) mass is 539 g/mol. The van der Waals surface area contributed by atoms with E-state index in [1.807, 2.05) is 96.8 Å². The van der Waals surface area contributed by atoms with Crippen molar-refractivity contribution in [3.63, 3.8) is 0 Å². The lowest BCUT2D eigenvalue weighted by atomic mass is 10.1. The number of hydrogen-bond donors (Lipinski definition) is 0. The van der Waals surface area contributed by atoms with E-state index in [1.54, 1.807) is 17.0 Å². The zero-order valence-corrected chi connectivity index (χ0v) is 22.5. The van der Waals surface area contributed by atoms with Gasteiger partial charge in [-0.3, -0.25) is 9.59 Å². The first kappa shape index (κ1) is 26.4. The number of benzene rings is 3. The van der Waals surface area contributed by atoms with Gasteiger partial charge in [0.2, 0.25) is 5.91 Å². The minimum atomic E-state index is -0.254. The van der Waals surface area contributed by atoms with Crippen LogP contribution in [0.5, 0.6) is 0 Å². The quantitative estimate of drug-likeness (QED) is 0.317. The van der Waals surface area contributed by atoms with Gasteiger partial charge in [0.1, 0.15) is 6.54 Å². The lowest BCUT2D eigenvalue weighted by Gasteiger charge is -2.37. The number of piperazine rings is 1. The third kappa shape index (κ3) is 6.10. The predicted molar refractivity (Wildman–Crippen MR) is 154 cm³/mol. The van der Waals surface area contributed by atoms with Gasteiger partial charge in [0.25, 0.3) is 5.91 Å². The van der Waals surface area contributed by atoms with E-state index in [0.717, 1.165) is 16.9 Å². The van der Waals surface area contributed by atoms with E-state index in [4.69, 9.17) is 11.6 Å². The second-order valence-corrected chi connectivity index (χ2v) is 9.92. The summed E-state index contributed by atoms with van der Waals surface area (Å²) in [6.45, 7) is 4.32. The van der Waals surface area contributed by atoms with Gasteiger partial charge in [-0.05, 0) is 42.8 Å². The number of anilines is 1. The Morgan fingerprint density at radius 1 is 0.821 bits per heavy atom. The number of halogens is 1. The zero-order chi connectivity index (χ0) is 27.2. The van der Waals surface area contributed by atoms with Gasteiger partial charge in [0.15, 0.2) is 5.82 Å². The van der Waals surface area contributed by atoms with Gasteiger partial charge in [-0.1, -0.05) is 78.3 Å². The van der Waals surface area contributed by atoms with Crippen LogP contribution in [0.4, 0.5) is 5.82 Å². The van der Waals surface area contributed by atoms with Crippen molar-refractivity contribution in [3.8, 4) is 11.3 Å². The molecular formula is C31H30ClN5O2. The molecule has 3 aromatic carbocycles. The molecule has 39 heavy (non-hydrogen) atoms. The Hall–Kier alpha value is -4.23. The van der Waals surface area contributed by atoms with Crippen molar-refractivity contribution in [1.82, 2.24) is 20.0 Å². The van der Waals surface area contributed by atoms with Gasteiger partial charge >= 0.3 is 0 Å². The maximum atomic E-state index is 13.5. The maximum absolute atomic E-state index is 13.5. The second kappa shape index (κ2) is 12.1. The SMILES string of the molecule is CC(c1ccccc1)N(CC(=O)N1CCN(c2ccc(-c3ccccc3Cl)nn2)CC1)C(=O)c1ccccc1. The molecule has 0 spiro atoms. The minimum absolute atomic E-state index is 0.0100. The maximum Gasteiger partial charge on any atom is 0.254 e. The second-order valence-electron chi connectivity index (χ2n) is 9.51. The molecule has 1 aromatic heterocycles. The van der Waals surface area contributed by atoms with Crippen molar-refractivity contribution >= 4 is 29.2 Å². The molecule has 8 heteroatoms. The first-order chi connectivity index (χ1) is 19.0. The molecule has 2 amide bonds. The molecule has 5 rings (SSSR count). The fourth-order valence-electron chi connectivity index (χ4n) is 4.78. The van der Waals surface area contributed by atoms with Gasteiger partial charge in [0, 0.05) is 37.3 Å². The molecule has 0 saturated carbocycles. The Morgan fingerprint density at radius 2 is 1.46 bits per heavy atom. The molecule has 198 valence electrons. The highest BCUT2D eigenvalue weighted by Gasteiger charge is 2.29. The number of nitrogens with zero attached hydrogens (tertiary/aromatic N) is 5. The molecule has 2 heterocycles. The summed E-state index contributed by atoms with van der Waals surface area (Å²) in [4.78, 5) is 32.5. The highest BCUT2D eigenvalue weighted by molar-refractivity contribution is 6.33. The number of carbonyl (C=O) groups excluding carboxylic acids is 2. The van der Waals surface area contributed by atoms with Crippen LogP contribution < -0.4 is 4.90 Å². The summed E-state index contributed by atoms with van der Waals surface area (Å²) >= 11 is 6.30. The molecule has 1 aliphatic rings. The summed E-state index contributed by atoms with van der Waals surface area (Å²) in [6, 6.07) is 30.1. The average molecular weight is 540 g/mol. The topological polar surface area (TPSA) is 69.6 Å². The van der Waals surface area contributed by atoms with Gasteiger partial charge in [-0.15, -0.1) is 10.2 Å². The first-order valence-corrected chi connectivity index (χ1v) is 13.4. The molecular weight excluding hydrogens is 510 g/mol. The Balaban J connectivity index is 1.24. The van der Waals surface area contributed by atoms with E-state index in [-0.39, 0.29) is 24.4 Å². The summed E-state index contributed by atoms with van der Waals surface area (Å²) < 4.78 is 0. The summed E-state index contributed by atoms with van der Waals surface area (Å²) in [5.74, 6) is 0.533. The first-order valence-electron chi connectivity index (χ1n) is 13.0. The van der Waals surface area contributed by atoms with Crippen molar-refractivity contribution in [2.45, 2.75) is 13.0 Å². The number of aromatic nitrogens is 2. The number of carbonyl (C=O) groups is 2. The molecule has 0 aliphatic carbocycles. The molecule has 1 aliphatic heterocycles. The highest BCUT2D eigenvalue weighted by atomic mass is 35.5. The lowest BCUT2D eigenvalue weighted by Crippen LogP contribution is -2.52. The average Bonchev–Trinajstić information content (AvgIpc) is 3.00. The van der Waals surface area contributed by atoms with Crippen LogP contribution >= 0.6 is 11.6 Å². The summed E-state index contributed by atoms with van der Waals surface area (Å²) in [5, 5.41) is 9.42. The third-order valence-corrected chi connectivity index (χ3v) is 7.42. The minimum Gasteiger partial charge on any atom is -0.352 e. The van der Waals surface area contributed by atoms with Crippen LogP contribution in [0.2, 0.25) is 5.02 Å². The van der Waals surface area contributed by atoms with Crippen molar-refractivity contribution in [1.29, 1.82) is 0 Å². The molecule has 0 bridgehead atoms. The fourth-order valence-corrected chi connectivity index (χ4v) is 5.01. The number of rotatable bonds is 7. The third-order valence-electron chi connectivity index (χ3n) is 7.09. The predicted octanol–water partition coefficient (Wildman–Crippen LogP) is 5.35. The summed E-state index contributed by atoms with van der Waals surface area (Å²) in [5.41, 5.74) is 3.11. The van der Waals surface area contributed by atoms with Crippen LogP contribution in [0.25, 0.3) is 11.3 Å². The van der Waals surface area contributed by atoms with Gasteiger partial charge in [0.05, 0.1) is 16.8 Å². The summed E-state index contributed by atoms with van der Waals surface area (Å²) in [6.07, 6.45) is 0. The van der Waals surface area contributed by atoms with E-state index >= 15 is 0 Å². The van der Waals surface area contributed by atoms with Crippen LogP contribution in [0.15, 0.2) is 97.1 Å². The summed E-state index contributed by atoms with van der Waals surface area (Å²) in [7, 11) is 0. The van der Waals surface area contributed by atoms with Gasteiger partial charge in [-0.2, -0.15) is 0 Å². The van der Waals surface area contributed by atoms with Gasteiger partial charge < -0.3 is 14.7 Å². The molecule has 4 aromatic rings. The van der Waals surface area contributed by atoms with Crippen LogP contribution in [-0.2, 0) is 4.79 Å². The van der Waals surface area contributed by atoms with E-state index in [9.17, 15) is 9.59 Å². The van der Waals surface area contributed by atoms with Crippen LogP contribution in [0.3, 0.4) is 0 Å². The normalized spacial score (nSPS) is 14.1. The van der Waals surface area contributed by atoms with Crippen molar-refractivity contribution in [2.75, 3.05) is 37.6 Å². The smallest absolute Gasteiger partial charge is 0.254 e. The van der Waals surface area contributed by atoms with Crippen LogP contribution in [-0.4, -0.2) is 64.5 Å². The van der Waals surface area contributed by atoms with Crippen molar-refractivity contribution in [2.24, 2.45) is 0 Å². The van der Waals surface area contributed by atoms with Crippen LogP contribution in [0, 0.1) is 0 Å². The van der Waals surface area contributed by atoms with Crippen molar-refractivity contribution < 1.29 is 9.59 Å². The number of amides is 2. The number of hydrogen-bond acceptors (Lipinski definition) is 5. The molecule has 0 radical (unpaired) electrons. The molecule has 0 N–H and O–H groups in total. The molecule has 7 nitrogen and oxygen atoms in total. The highest BCUT2D eigenvalue weighted by Crippen LogP contribution is 2.27.